The lowest BCUT2D eigenvalue weighted by atomic mass is 10.1. The number of benzene rings is 1. The lowest BCUT2D eigenvalue weighted by Crippen LogP contribution is -2.44. The van der Waals surface area contributed by atoms with Gasteiger partial charge in [0.1, 0.15) is 11.4 Å². The van der Waals surface area contributed by atoms with Gasteiger partial charge in [0.25, 0.3) is 0 Å². The van der Waals surface area contributed by atoms with E-state index >= 15 is 0 Å². The van der Waals surface area contributed by atoms with Gasteiger partial charge in [-0.05, 0) is 49.1 Å². The number of halogens is 3. The van der Waals surface area contributed by atoms with E-state index in [1.165, 1.54) is 23.5 Å². The number of aliphatic hydroxyl groups is 1. The Labute approximate surface area is 177 Å². The van der Waals surface area contributed by atoms with Crippen LogP contribution in [0, 0.1) is 5.82 Å². The number of thiophene rings is 1. The number of aliphatic imine (C=N–C) groups is 1. The molecule has 2 aromatic rings. The molecule has 3 N–H and O–H groups in total. The topological polar surface area (TPSA) is 56.7 Å². The Morgan fingerprint density at radius 3 is 2.76 bits per heavy atom. The van der Waals surface area contributed by atoms with Crippen molar-refractivity contribution in [1.82, 2.24) is 10.6 Å². The second kappa shape index (κ2) is 10.4. The van der Waals surface area contributed by atoms with Crippen LogP contribution in [0.15, 0.2) is 45.2 Å². The summed E-state index contributed by atoms with van der Waals surface area (Å²) in [6.45, 7) is 5.07. The average Bonchev–Trinajstić information content (AvgIpc) is 3.08. The summed E-state index contributed by atoms with van der Waals surface area (Å²) in [5.74, 6) is 0.285. The third kappa shape index (κ3) is 6.84. The predicted molar refractivity (Wildman–Crippen MR) is 116 cm³/mol. The van der Waals surface area contributed by atoms with Crippen LogP contribution in [0.3, 0.4) is 0 Å². The summed E-state index contributed by atoms with van der Waals surface area (Å²) in [4.78, 5) is 5.35. The summed E-state index contributed by atoms with van der Waals surface area (Å²) in [7, 11) is 0. The first-order valence-corrected chi connectivity index (χ1v) is 9.32. The van der Waals surface area contributed by atoms with E-state index in [9.17, 15) is 9.50 Å². The summed E-state index contributed by atoms with van der Waals surface area (Å²) in [6.07, 6.45) is 0. The molecule has 0 saturated heterocycles. The van der Waals surface area contributed by atoms with Gasteiger partial charge in [-0.2, -0.15) is 0 Å². The SMILES string of the molecule is CCNC(=NCc1cc(F)ccc1Br)NCC(C)(O)c1cccs1.I. The number of hydrogen-bond acceptors (Lipinski definition) is 3. The van der Waals surface area contributed by atoms with E-state index in [0.29, 0.717) is 25.6 Å². The van der Waals surface area contributed by atoms with Crippen molar-refractivity contribution in [3.63, 3.8) is 0 Å². The second-order valence-electron chi connectivity index (χ2n) is 5.54. The Morgan fingerprint density at radius 2 is 2.12 bits per heavy atom. The highest BCUT2D eigenvalue weighted by Crippen LogP contribution is 2.24. The molecule has 0 aliphatic rings. The lowest BCUT2D eigenvalue weighted by molar-refractivity contribution is 0.0655. The van der Waals surface area contributed by atoms with E-state index in [1.807, 2.05) is 24.4 Å². The number of guanidine groups is 1. The smallest absolute Gasteiger partial charge is 0.191 e. The van der Waals surface area contributed by atoms with E-state index in [4.69, 9.17) is 0 Å². The first kappa shape index (κ1) is 22.3. The Balaban J connectivity index is 0.00000312. The van der Waals surface area contributed by atoms with E-state index in [0.717, 1.165) is 14.9 Å². The monoisotopic (exact) mass is 541 g/mol. The van der Waals surface area contributed by atoms with Gasteiger partial charge in [-0.25, -0.2) is 9.38 Å². The molecule has 1 heterocycles. The highest BCUT2D eigenvalue weighted by molar-refractivity contribution is 14.0. The van der Waals surface area contributed by atoms with Gasteiger partial charge in [0.15, 0.2) is 5.96 Å². The Morgan fingerprint density at radius 1 is 1.36 bits per heavy atom. The largest absolute Gasteiger partial charge is 0.383 e. The summed E-state index contributed by atoms with van der Waals surface area (Å²) in [5, 5.41) is 18.8. The first-order chi connectivity index (χ1) is 11.4. The molecule has 1 atom stereocenters. The first-order valence-electron chi connectivity index (χ1n) is 7.65. The summed E-state index contributed by atoms with van der Waals surface area (Å²) in [6, 6.07) is 8.34. The molecule has 0 radical (unpaired) electrons. The van der Waals surface area contributed by atoms with Crippen molar-refractivity contribution < 1.29 is 9.50 Å². The molecule has 25 heavy (non-hydrogen) atoms. The third-order valence-electron chi connectivity index (χ3n) is 3.41. The van der Waals surface area contributed by atoms with E-state index in [1.54, 1.807) is 13.0 Å². The van der Waals surface area contributed by atoms with Crippen molar-refractivity contribution in [3.8, 4) is 0 Å². The van der Waals surface area contributed by atoms with Crippen LogP contribution in [-0.4, -0.2) is 24.2 Å². The number of rotatable bonds is 6. The molecule has 0 fully saturated rings. The van der Waals surface area contributed by atoms with Crippen molar-refractivity contribution in [2.45, 2.75) is 26.0 Å². The van der Waals surface area contributed by atoms with Gasteiger partial charge in [0.2, 0.25) is 0 Å². The van der Waals surface area contributed by atoms with Gasteiger partial charge in [-0.1, -0.05) is 22.0 Å². The van der Waals surface area contributed by atoms with Crippen LogP contribution >= 0.6 is 51.2 Å². The molecule has 0 aliphatic heterocycles. The molecule has 8 heteroatoms. The molecule has 0 saturated carbocycles. The highest BCUT2D eigenvalue weighted by Gasteiger charge is 2.24. The van der Waals surface area contributed by atoms with E-state index in [2.05, 4.69) is 31.6 Å². The maximum absolute atomic E-state index is 13.3. The molecule has 0 bridgehead atoms. The molecule has 0 spiro atoms. The fourth-order valence-electron chi connectivity index (χ4n) is 2.10. The summed E-state index contributed by atoms with van der Waals surface area (Å²) >= 11 is 4.91. The van der Waals surface area contributed by atoms with Crippen LogP contribution in [-0.2, 0) is 12.1 Å². The summed E-state index contributed by atoms with van der Waals surface area (Å²) in [5.41, 5.74) is -0.221. The van der Waals surface area contributed by atoms with Gasteiger partial charge >= 0.3 is 0 Å². The lowest BCUT2D eigenvalue weighted by Gasteiger charge is -2.23. The highest BCUT2D eigenvalue weighted by atomic mass is 127. The Hall–Kier alpha value is -0.710. The van der Waals surface area contributed by atoms with Crippen molar-refractivity contribution in [1.29, 1.82) is 0 Å². The van der Waals surface area contributed by atoms with Crippen LogP contribution in [0.1, 0.15) is 24.3 Å². The molecule has 2 rings (SSSR count). The second-order valence-corrected chi connectivity index (χ2v) is 7.34. The van der Waals surface area contributed by atoms with Gasteiger partial charge in [-0.3, -0.25) is 0 Å². The maximum Gasteiger partial charge on any atom is 0.191 e. The average molecular weight is 542 g/mol. The van der Waals surface area contributed by atoms with Crippen molar-refractivity contribution >= 4 is 57.2 Å². The van der Waals surface area contributed by atoms with Gasteiger partial charge in [0, 0.05) is 15.9 Å². The molecular weight excluding hydrogens is 520 g/mol. The van der Waals surface area contributed by atoms with Gasteiger partial charge < -0.3 is 15.7 Å². The zero-order valence-electron chi connectivity index (χ0n) is 14.1. The Bertz CT molecular complexity index is 695. The molecule has 0 aliphatic carbocycles. The molecule has 4 nitrogen and oxygen atoms in total. The molecule has 1 unspecified atom stereocenters. The molecular formula is C17H22BrFIN3OS. The molecule has 138 valence electrons. The quantitative estimate of drug-likeness (QED) is 0.291. The van der Waals surface area contributed by atoms with Gasteiger partial charge in [-0.15, -0.1) is 35.3 Å². The standard InChI is InChI=1S/C17H21BrFN3OS.HI/c1-3-20-16(21-10-12-9-13(19)6-7-14(12)18)22-11-17(2,23)15-5-4-8-24-15;/h4-9,23H,3,10-11H2,1-2H3,(H2,20,21,22);1H. The van der Waals surface area contributed by atoms with Crippen LogP contribution in [0.4, 0.5) is 4.39 Å². The summed E-state index contributed by atoms with van der Waals surface area (Å²) < 4.78 is 14.2. The number of nitrogens with zero attached hydrogens (tertiary/aromatic N) is 1. The fourth-order valence-corrected chi connectivity index (χ4v) is 3.26. The minimum absolute atomic E-state index is 0. The minimum atomic E-state index is -0.982. The van der Waals surface area contributed by atoms with E-state index in [-0.39, 0.29) is 29.8 Å². The zero-order chi connectivity index (χ0) is 17.6. The molecule has 1 aromatic carbocycles. The van der Waals surface area contributed by atoms with Crippen LogP contribution in [0.25, 0.3) is 0 Å². The number of hydrogen-bond donors (Lipinski definition) is 3. The number of nitrogens with one attached hydrogen (secondary N) is 2. The predicted octanol–water partition coefficient (Wildman–Crippen LogP) is 4.23. The molecule has 0 amide bonds. The van der Waals surface area contributed by atoms with Crippen LogP contribution in [0.2, 0.25) is 0 Å². The van der Waals surface area contributed by atoms with Crippen molar-refractivity contribution in [2.75, 3.05) is 13.1 Å². The van der Waals surface area contributed by atoms with Crippen molar-refractivity contribution in [2.24, 2.45) is 4.99 Å². The maximum atomic E-state index is 13.3. The third-order valence-corrected chi connectivity index (χ3v) is 5.31. The molecule has 1 aromatic heterocycles. The van der Waals surface area contributed by atoms with Crippen molar-refractivity contribution in [3.05, 3.63) is 56.4 Å². The zero-order valence-corrected chi connectivity index (χ0v) is 18.8. The minimum Gasteiger partial charge on any atom is -0.383 e. The normalized spacial score (nSPS) is 13.7. The fraction of sp³-hybridized carbons (Fsp3) is 0.353. The van der Waals surface area contributed by atoms with Gasteiger partial charge in [0.05, 0.1) is 13.1 Å². The van der Waals surface area contributed by atoms with Crippen LogP contribution in [0.5, 0.6) is 0 Å². The Kier molecular flexibility index (Phi) is 9.33. The van der Waals surface area contributed by atoms with Crippen LogP contribution < -0.4 is 10.6 Å². The van der Waals surface area contributed by atoms with E-state index < -0.39 is 5.60 Å².